The third-order valence-electron chi connectivity index (χ3n) is 8.11. The summed E-state index contributed by atoms with van der Waals surface area (Å²) >= 11 is 0. The minimum Gasteiger partial charge on any atom is -0.497 e. The molecule has 2 saturated carbocycles. The molecule has 39 heavy (non-hydrogen) atoms. The Morgan fingerprint density at radius 3 is 2.23 bits per heavy atom. The number of hydrogen-bond donors (Lipinski definition) is 4. The molecule has 0 unspecified atom stereocenters. The SMILES string of the molecule is COc1ccc(C[C@H](NC(=O)[C@@H](C)NC(=O)[C@@H]2CC[C@H](O)C2)C(=O)N[C@@H](CC2CCCC2)C(=O)[C@H]2CO2)cc1. The van der Waals surface area contributed by atoms with E-state index in [2.05, 4.69) is 16.0 Å². The van der Waals surface area contributed by atoms with Gasteiger partial charge in [0.15, 0.2) is 5.78 Å². The molecule has 1 aromatic carbocycles. The fourth-order valence-electron chi connectivity index (χ4n) is 5.63. The Balaban J connectivity index is 1.44. The van der Waals surface area contributed by atoms with Crippen molar-refractivity contribution in [1.82, 2.24) is 16.0 Å². The molecule has 1 heterocycles. The van der Waals surface area contributed by atoms with Crippen LogP contribution in [-0.4, -0.2) is 72.7 Å². The fraction of sp³-hybridized carbons (Fsp3) is 0.655. The lowest BCUT2D eigenvalue weighted by Gasteiger charge is -2.26. The van der Waals surface area contributed by atoms with Gasteiger partial charge in [-0.3, -0.25) is 19.2 Å². The predicted octanol–water partition coefficient (Wildman–Crippen LogP) is 1.42. The van der Waals surface area contributed by atoms with Gasteiger partial charge in [-0.1, -0.05) is 37.8 Å². The Morgan fingerprint density at radius 2 is 1.64 bits per heavy atom. The zero-order valence-corrected chi connectivity index (χ0v) is 22.8. The van der Waals surface area contributed by atoms with Gasteiger partial charge in [-0.15, -0.1) is 0 Å². The monoisotopic (exact) mass is 543 g/mol. The molecule has 214 valence electrons. The van der Waals surface area contributed by atoms with Gasteiger partial charge in [0.25, 0.3) is 0 Å². The van der Waals surface area contributed by atoms with Crippen LogP contribution in [0.1, 0.15) is 63.9 Å². The average Bonchev–Trinajstić information content (AvgIpc) is 3.47. The third-order valence-corrected chi connectivity index (χ3v) is 8.11. The van der Waals surface area contributed by atoms with Gasteiger partial charge in [-0.2, -0.15) is 0 Å². The molecule has 3 amide bonds. The van der Waals surface area contributed by atoms with E-state index in [-0.39, 0.29) is 24.0 Å². The van der Waals surface area contributed by atoms with Gasteiger partial charge < -0.3 is 30.5 Å². The van der Waals surface area contributed by atoms with Crippen LogP contribution in [0.25, 0.3) is 0 Å². The second-order valence-corrected chi connectivity index (χ2v) is 11.2. The molecule has 4 rings (SSSR count). The van der Waals surface area contributed by atoms with E-state index in [0.717, 1.165) is 31.2 Å². The van der Waals surface area contributed by atoms with Crippen molar-refractivity contribution in [2.45, 2.75) is 95.0 Å². The molecule has 1 aliphatic heterocycles. The van der Waals surface area contributed by atoms with Crippen LogP contribution in [0.4, 0.5) is 0 Å². The maximum Gasteiger partial charge on any atom is 0.243 e. The van der Waals surface area contributed by atoms with E-state index in [1.807, 2.05) is 12.1 Å². The van der Waals surface area contributed by atoms with Gasteiger partial charge in [0.1, 0.15) is 23.9 Å². The number of benzene rings is 1. The third kappa shape index (κ3) is 8.25. The summed E-state index contributed by atoms with van der Waals surface area (Å²) in [6, 6.07) is 4.69. The molecule has 0 aromatic heterocycles. The number of rotatable bonds is 13. The van der Waals surface area contributed by atoms with Gasteiger partial charge in [-0.05, 0) is 56.2 Å². The molecule has 1 saturated heterocycles. The molecule has 3 aliphatic rings. The van der Waals surface area contributed by atoms with Crippen LogP contribution in [0.3, 0.4) is 0 Å². The number of carbonyl (C=O) groups excluding carboxylic acids is 4. The van der Waals surface area contributed by atoms with Crippen LogP contribution in [-0.2, 0) is 30.3 Å². The van der Waals surface area contributed by atoms with Crippen LogP contribution in [0, 0.1) is 11.8 Å². The summed E-state index contributed by atoms with van der Waals surface area (Å²) in [7, 11) is 1.57. The molecule has 0 spiro atoms. The van der Waals surface area contributed by atoms with Gasteiger partial charge in [0.2, 0.25) is 17.7 Å². The van der Waals surface area contributed by atoms with Crippen molar-refractivity contribution in [3.05, 3.63) is 29.8 Å². The Hall–Kier alpha value is -2.98. The highest BCUT2D eigenvalue weighted by Gasteiger charge is 2.39. The average molecular weight is 544 g/mol. The summed E-state index contributed by atoms with van der Waals surface area (Å²) in [5, 5.41) is 18.2. The van der Waals surface area contributed by atoms with E-state index in [1.165, 1.54) is 0 Å². The Bertz CT molecular complexity index is 1020. The minimum atomic E-state index is -0.961. The number of epoxide rings is 1. The molecule has 1 aromatic rings. The highest BCUT2D eigenvalue weighted by molar-refractivity contribution is 5.96. The summed E-state index contributed by atoms with van der Waals surface area (Å²) in [5.41, 5.74) is 0.803. The van der Waals surface area contributed by atoms with E-state index < -0.39 is 42.1 Å². The Kier molecular flexibility index (Phi) is 9.96. The Morgan fingerprint density at radius 1 is 0.974 bits per heavy atom. The van der Waals surface area contributed by atoms with Crippen molar-refractivity contribution in [3.8, 4) is 5.75 Å². The quantitative estimate of drug-likeness (QED) is 0.275. The lowest BCUT2D eigenvalue weighted by molar-refractivity contribution is -0.134. The molecule has 0 radical (unpaired) electrons. The standard InChI is InChI=1S/C29H41N3O7/c1-17(30-28(36)20-9-10-21(33)15-20)27(35)32-24(14-19-7-11-22(38-2)12-8-19)29(37)31-23(26(34)25-16-39-25)13-18-5-3-4-6-18/h7-8,11-12,17-18,20-21,23-25,33H,3-6,9-10,13-16H2,1-2H3,(H,30,36)(H,31,37)(H,32,35)/t17-,20-,21+,23+,24+,25-/m1/s1. The van der Waals surface area contributed by atoms with Crippen molar-refractivity contribution >= 4 is 23.5 Å². The molecule has 10 heteroatoms. The van der Waals surface area contributed by atoms with E-state index in [9.17, 15) is 24.3 Å². The van der Waals surface area contributed by atoms with Crippen molar-refractivity contribution in [2.24, 2.45) is 11.8 Å². The van der Waals surface area contributed by atoms with Crippen molar-refractivity contribution in [3.63, 3.8) is 0 Å². The largest absolute Gasteiger partial charge is 0.497 e. The van der Waals surface area contributed by atoms with Gasteiger partial charge >= 0.3 is 0 Å². The normalized spacial score (nSPS) is 24.8. The van der Waals surface area contributed by atoms with Gasteiger partial charge in [-0.25, -0.2) is 0 Å². The molecular weight excluding hydrogens is 502 g/mol. The van der Waals surface area contributed by atoms with Crippen LogP contribution in [0.5, 0.6) is 5.75 Å². The summed E-state index contributed by atoms with van der Waals surface area (Å²) in [6.45, 7) is 1.94. The zero-order chi connectivity index (χ0) is 27.9. The van der Waals surface area contributed by atoms with Crippen LogP contribution in [0.2, 0.25) is 0 Å². The first-order valence-electron chi connectivity index (χ1n) is 14.1. The number of aliphatic hydroxyl groups excluding tert-OH is 1. The van der Waals surface area contributed by atoms with Crippen LogP contribution < -0.4 is 20.7 Å². The van der Waals surface area contributed by atoms with Crippen molar-refractivity contribution in [2.75, 3.05) is 13.7 Å². The Labute approximate surface area is 229 Å². The maximum atomic E-state index is 13.6. The highest BCUT2D eigenvalue weighted by Crippen LogP contribution is 2.30. The number of ketones is 1. The van der Waals surface area contributed by atoms with E-state index in [0.29, 0.717) is 44.0 Å². The number of methoxy groups -OCH3 is 1. The number of amides is 3. The molecular formula is C29H41N3O7. The highest BCUT2D eigenvalue weighted by atomic mass is 16.6. The van der Waals surface area contributed by atoms with E-state index >= 15 is 0 Å². The molecule has 4 N–H and O–H groups in total. The maximum absolute atomic E-state index is 13.6. The summed E-state index contributed by atoms with van der Waals surface area (Å²) in [4.78, 5) is 52.3. The predicted molar refractivity (Wildman–Crippen MR) is 143 cm³/mol. The number of nitrogens with one attached hydrogen (secondary N) is 3. The van der Waals surface area contributed by atoms with Crippen molar-refractivity contribution < 1.29 is 33.8 Å². The molecule has 6 atom stereocenters. The minimum absolute atomic E-state index is 0.121. The second-order valence-electron chi connectivity index (χ2n) is 11.2. The number of ether oxygens (including phenoxy) is 2. The second kappa shape index (κ2) is 13.4. The molecule has 10 nitrogen and oxygen atoms in total. The number of hydrogen-bond acceptors (Lipinski definition) is 7. The molecule has 0 bridgehead atoms. The smallest absolute Gasteiger partial charge is 0.243 e. The zero-order valence-electron chi connectivity index (χ0n) is 22.8. The number of Topliss-reactive ketones (excluding diaryl/α,β-unsaturated/α-hetero) is 1. The lowest BCUT2D eigenvalue weighted by atomic mass is 9.94. The summed E-state index contributed by atoms with van der Waals surface area (Å²) in [6.07, 6.45) is 5.62. The lowest BCUT2D eigenvalue weighted by Crippen LogP contribution is -2.56. The summed E-state index contributed by atoms with van der Waals surface area (Å²) in [5.74, 6) is -0.643. The van der Waals surface area contributed by atoms with Crippen LogP contribution in [0.15, 0.2) is 24.3 Å². The van der Waals surface area contributed by atoms with E-state index in [4.69, 9.17) is 9.47 Å². The van der Waals surface area contributed by atoms with Gasteiger partial charge in [0, 0.05) is 12.3 Å². The first-order chi connectivity index (χ1) is 18.7. The van der Waals surface area contributed by atoms with Crippen molar-refractivity contribution in [1.29, 1.82) is 0 Å². The number of carbonyl (C=O) groups is 4. The summed E-state index contributed by atoms with van der Waals surface area (Å²) < 4.78 is 10.4. The molecule has 3 fully saturated rings. The first-order valence-corrected chi connectivity index (χ1v) is 14.1. The first kappa shape index (κ1) is 29.0. The fourth-order valence-corrected chi connectivity index (χ4v) is 5.63. The van der Waals surface area contributed by atoms with Crippen LogP contribution >= 0.6 is 0 Å². The topological polar surface area (TPSA) is 146 Å². The number of aliphatic hydroxyl groups is 1. The molecule has 2 aliphatic carbocycles. The van der Waals surface area contributed by atoms with E-state index in [1.54, 1.807) is 26.2 Å². The van der Waals surface area contributed by atoms with Gasteiger partial charge in [0.05, 0.1) is 25.9 Å².